The molecule has 0 aliphatic carbocycles. The van der Waals surface area contributed by atoms with Crippen LogP contribution in [-0.4, -0.2) is 37.2 Å². The third-order valence-electron chi connectivity index (χ3n) is 4.53. The number of nitrogens with zero attached hydrogens (tertiary/aromatic N) is 1. The Bertz CT molecular complexity index is 992. The Kier molecular flexibility index (Phi) is 6.29. The number of hydrogen-bond donors (Lipinski definition) is 1. The lowest BCUT2D eigenvalue weighted by Crippen LogP contribution is -2.48. The van der Waals surface area contributed by atoms with E-state index in [4.69, 9.17) is 9.47 Å². The molecular weight excluding hydrogens is 401 g/mol. The van der Waals surface area contributed by atoms with Gasteiger partial charge in [0.05, 0.1) is 23.9 Å². The van der Waals surface area contributed by atoms with Gasteiger partial charge in [-0.1, -0.05) is 12.1 Å². The highest BCUT2D eigenvalue weighted by atomic mass is 19.1. The van der Waals surface area contributed by atoms with Gasteiger partial charge < -0.3 is 14.8 Å². The summed E-state index contributed by atoms with van der Waals surface area (Å²) in [6.07, 6.45) is 0. The van der Waals surface area contributed by atoms with Crippen LogP contribution >= 0.6 is 0 Å². The van der Waals surface area contributed by atoms with Gasteiger partial charge in [-0.05, 0) is 36.8 Å². The van der Waals surface area contributed by atoms with Crippen molar-refractivity contribution in [2.24, 2.45) is 0 Å². The number of hydrogen-bond acceptors (Lipinski definition) is 4. The van der Waals surface area contributed by atoms with E-state index in [1.54, 1.807) is 6.92 Å². The minimum absolute atomic E-state index is 0.0630. The van der Waals surface area contributed by atoms with Crippen molar-refractivity contribution in [3.05, 3.63) is 76.7 Å². The van der Waals surface area contributed by atoms with Gasteiger partial charge in [0.15, 0.2) is 11.6 Å². The highest BCUT2D eigenvalue weighted by Gasteiger charge is 2.37. The number of urea groups is 1. The second-order valence-corrected chi connectivity index (χ2v) is 6.44. The normalized spacial score (nSPS) is 16.4. The third-order valence-corrected chi connectivity index (χ3v) is 4.53. The van der Waals surface area contributed by atoms with E-state index in [0.717, 1.165) is 17.0 Å². The number of esters is 1. The van der Waals surface area contributed by atoms with Crippen molar-refractivity contribution in [2.45, 2.75) is 13.0 Å². The zero-order valence-electron chi connectivity index (χ0n) is 16.2. The topological polar surface area (TPSA) is 67.9 Å². The van der Waals surface area contributed by atoms with Gasteiger partial charge in [0.1, 0.15) is 18.2 Å². The van der Waals surface area contributed by atoms with Gasteiger partial charge in [-0.3, -0.25) is 4.90 Å². The first-order valence-corrected chi connectivity index (χ1v) is 9.09. The summed E-state index contributed by atoms with van der Waals surface area (Å²) in [5.41, 5.74) is 0.648. The quantitative estimate of drug-likeness (QED) is 0.724. The van der Waals surface area contributed by atoms with Gasteiger partial charge in [0.25, 0.3) is 0 Å². The molecule has 30 heavy (non-hydrogen) atoms. The molecule has 0 saturated heterocycles. The lowest BCUT2D eigenvalue weighted by atomic mass is 9.94. The molecule has 1 atom stereocenters. The van der Waals surface area contributed by atoms with Crippen LogP contribution in [0.4, 0.5) is 18.0 Å². The van der Waals surface area contributed by atoms with E-state index in [1.807, 2.05) is 0 Å². The van der Waals surface area contributed by atoms with Crippen LogP contribution in [0.2, 0.25) is 0 Å². The first-order valence-electron chi connectivity index (χ1n) is 9.09. The number of likely N-dealkylation sites (N-methyl/N-ethyl adjacent to an activating group) is 1. The Morgan fingerprint density at radius 3 is 2.40 bits per heavy atom. The van der Waals surface area contributed by atoms with Crippen molar-refractivity contribution < 1.29 is 32.2 Å². The summed E-state index contributed by atoms with van der Waals surface area (Å²) in [4.78, 5) is 26.3. The van der Waals surface area contributed by atoms with Crippen LogP contribution < -0.4 is 10.1 Å². The SMILES string of the molecule is CCOC(=O)C1=C(COc2ccc(F)cc2F)N(C)C(=O)N[C@@H]1c1ccc(F)cc1. The molecule has 0 bridgehead atoms. The lowest BCUT2D eigenvalue weighted by molar-refractivity contribution is -0.139. The maximum atomic E-state index is 13.9. The first-order chi connectivity index (χ1) is 14.3. The van der Waals surface area contributed by atoms with E-state index in [1.165, 1.54) is 31.3 Å². The molecule has 0 fully saturated rings. The number of carbonyl (C=O) groups excluding carboxylic acids is 2. The van der Waals surface area contributed by atoms with Crippen molar-refractivity contribution in [3.63, 3.8) is 0 Å². The van der Waals surface area contributed by atoms with E-state index in [0.29, 0.717) is 11.6 Å². The molecule has 158 valence electrons. The minimum atomic E-state index is -0.926. The molecule has 0 spiro atoms. The van der Waals surface area contributed by atoms with Crippen molar-refractivity contribution in [3.8, 4) is 5.75 Å². The maximum absolute atomic E-state index is 13.9. The summed E-state index contributed by atoms with van der Waals surface area (Å²) in [5.74, 6) is -3.13. The van der Waals surface area contributed by atoms with Gasteiger partial charge in [-0.25, -0.2) is 22.8 Å². The Balaban J connectivity index is 2.03. The van der Waals surface area contributed by atoms with E-state index >= 15 is 0 Å². The first kappa shape index (κ1) is 21.2. The summed E-state index contributed by atoms with van der Waals surface area (Å²) in [6, 6.07) is 6.59. The molecule has 2 amide bonds. The molecule has 6 nitrogen and oxygen atoms in total. The van der Waals surface area contributed by atoms with E-state index in [9.17, 15) is 22.8 Å². The van der Waals surface area contributed by atoms with Crippen LogP contribution in [-0.2, 0) is 9.53 Å². The second kappa shape index (κ2) is 8.89. The van der Waals surface area contributed by atoms with E-state index in [2.05, 4.69) is 5.32 Å². The monoisotopic (exact) mass is 420 g/mol. The van der Waals surface area contributed by atoms with Crippen LogP contribution in [0.3, 0.4) is 0 Å². The fraction of sp³-hybridized carbons (Fsp3) is 0.238. The number of rotatable bonds is 6. The molecule has 0 saturated carbocycles. The smallest absolute Gasteiger partial charge is 0.338 e. The van der Waals surface area contributed by atoms with Gasteiger partial charge in [0.2, 0.25) is 0 Å². The highest BCUT2D eigenvalue weighted by Crippen LogP contribution is 2.31. The lowest BCUT2D eigenvalue weighted by Gasteiger charge is -2.34. The van der Waals surface area contributed by atoms with Crippen molar-refractivity contribution in [1.29, 1.82) is 0 Å². The van der Waals surface area contributed by atoms with Crippen LogP contribution in [0, 0.1) is 17.5 Å². The molecular formula is C21H19F3N2O4. The van der Waals surface area contributed by atoms with Gasteiger partial charge >= 0.3 is 12.0 Å². The Labute approximate surface area is 170 Å². The van der Waals surface area contributed by atoms with Gasteiger partial charge in [-0.2, -0.15) is 0 Å². The number of amides is 2. The van der Waals surface area contributed by atoms with Crippen molar-refractivity contribution in [2.75, 3.05) is 20.3 Å². The van der Waals surface area contributed by atoms with Crippen molar-refractivity contribution in [1.82, 2.24) is 10.2 Å². The largest absolute Gasteiger partial charge is 0.484 e. The molecule has 1 N–H and O–H groups in total. The molecule has 1 aliphatic rings. The fourth-order valence-electron chi connectivity index (χ4n) is 3.03. The average molecular weight is 420 g/mol. The molecule has 0 unspecified atom stereocenters. The minimum Gasteiger partial charge on any atom is -0.484 e. The Morgan fingerprint density at radius 2 is 1.77 bits per heavy atom. The zero-order chi connectivity index (χ0) is 21.8. The molecule has 9 heteroatoms. The molecule has 0 aromatic heterocycles. The number of carbonyl (C=O) groups is 2. The molecule has 2 aromatic rings. The summed E-state index contributed by atoms with van der Waals surface area (Å²) in [6.45, 7) is 1.34. The number of nitrogens with one attached hydrogen (secondary N) is 1. The summed E-state index contributed by atoms with van der Waals surface area (Å²) in [5, 5.41) is 2.66. The summed E-state index contributed by atoms with van der Waals surface area (Å²) < 4.78 is 51.0. The Hall–Kier alpha value is -3.49. The van der Waals surface area contributed by atoms with Crippen LogP contribution in [0.15, 0.2) is 53.7 Å². The maximum Gasteiger partial charge on any atom is 0.338 e. The number of halogens is 3. The number of ether oxygens (including phenoxy) is 2. The molecule has 1 heterocycles. The van der Waals surface area contributed by atoms with Gasteiger partial charge in [0, 0.05) is 13.1 Å². The van der Waals surface area contributed by atoms with Crippen LogP contribution in [0.5, 0.6) is 5.75 Å². The predicted octanol–water partition coefficient (Wildman–Crippen LogP) is 3.70. The van der Waals surface area contributed by atoms with Crippen molar-refractivity contribution >= 4 is 12.0 Å². The standard InChI is InChI=1S/C21H19F3N2O4/c1-3-29-20(27)18-16(11-30-17-9-8-14(23)10-15(17)24)26(2)21(28)25-19(18)12-4-6-13(22)7-5-12/h4-10,19H,3,11H2,1-2H3,(H,25,28)/t19-/m1/s1. The third kappa shape index (κ3) is 4.40. The van der Waals surface area contributed by atoms with Gasteiger partial charge in [-0.15, -0.1) is 0 Å². The summed E-state index contributed by atoms with van der Waals surface area (Å²) >= 11 is 0. The molecule has 0 radical (unpaired) electrons. The Morgan fingerprint density at radius 1 is 1.10 bits per heavy atom. The molecule has 1 aliphatic heterocycles. The molecule has 3 rings (SSSR count). The molecule has 2 aromatic carbocycles. The highest BCUT2D eigenvalue weighted by molar-refractivity contribution is 5.95. The summed E-state index contributed by atoms with van der Waals surface area (Å²) in [7, 11) is 1.41. The fourth-order valence-corrected chi connectivity index (χ4v) is 3.03. The van der Waals surface area contributed by atoms with E-state index in [-0.39, 0.29) is 30.2 Å². The van der Waals surface area contributed by atoms with E-state index < -0.39 is 35.5 Å². The van der Waals surface area contributed by atoms with Crippen LogP contribution in [0.25, 0.3) is 0 Å². The predicted molar refractivity (Wildman–Crippen MR) is 101 cm³/mol. The second-order valence-electron chi connectivity index (χ2n) is 6.44. The zero-order valence-corrected chi connectivity index (χ0v) is 16.2. The average Bonchev–Trinajstić information content (AvgIpc) is 2.70. The number of benzene rings is 2. The van der Waals surface area contributed by atoms with Crippen LogP contribution in [0.1, 0.15) is 18.5 Å².